The van der Waals surface area contributed by atoms with Crippen molar-refractivity contribution in [3.63, 3.8) is 0 Å². The number of sulfone groups is 1. The van der Waals surface area contributed by atoms with Crippen molar-refractivity contribution in [2.75, 3.05) is 19.0 Å². The molecule has 4 rings (SSSR count). The van der Waals surface area contributed by atoms with Gasteiger partial charge in [0, 0.05) is 12.7 Å². The fourth-order valence-corrected chi connectivity index (χ4v) is 7.94. The SMILES string of the molecule is CCOC(=O)/C=C/C[C@@H](CCOCc1ccccc1)C[C@@H](OCc1ccccc1)[C@H](C)CS(=O)(=O)c1nc2ccccc2s1. The van der Waals surface area contributed by atoms with Crippen molar-refractivity contribution < 1.29 is 27.4 Å². The minimum absolute atomic E-state index is 0.0812. The Balaban J connectivity index is 1.48. The summed E-state index contributed by atoms with van der Waals surface area (Å²) in [7, 11) is -3.64. The van der Waals surface area contributed by atoms with Crippen LogP contribution < -0.4 is 0 Å². The molecule has 1 heterocycles. The van der Waals surface area contributed by atoms with Crippen LogP contribution in [0.25, 0.3) is 10.2 Å². The van der Waals surface area contributed by atoms with Crippen molar-refractivity contribution >= 4 is 37.4 Å². The highest BCUT2D eigenvalue weighted by Gasteiger charge is 2.29. The average molecular weight is 636 g/mol. The molecule has 3 atom stereocenters. The molecule has 4 aromatic rings. The molecule has 0 saturated heterocycles. The number of ether oxygens (including phenoxy) is 3. The molecule has 0 bridgehead atoms. The summed E-state index contributed by atoms with van der Waals surface area (Å²) in [4.78, 5) is 16.4. The summed E-state index contributed by atoms with van der Waals surface area (Å²) in [6.45, 7) is 5.42. The lowest BCUT2D eigenvalue weighted by Crippen LogP contribution is -2.30. The number of aromatic nitrogens is 1. The van der Waals surface area contributed by atoms with E-state index in [0.29, 0.717) is 44.8 Å². The Morgan fingerprint density at radius 1 is 0.932 bits per heavy atom. The van der Waals surface area contributed by atoms with Gasteiger partial charge in [-0.3, -0.25) is 0 Å². The lowest BCUT2D eigenvalue weighted by Gasteiger charge is -2.28. The fraction of sp³-hybridized carbons (Fsp3) is 0.371. The minimum atomic E-state index is -3.64. The van der Waals surface area contributed by atoms with Gasteiger partial charge in [-0.2, -0.15) is 0 Å². The molecule has 9 heteroatoms. The van der Waals surface area contributed by atoms with Crippen LogP contribution in [0.2, 0.25) is 0 Å². The van der Waals surface area contributed by atoms with E-state index in [-0.39, 0.29) is 34.0 Å². The van der Waals surface area contributed by atoms with E-state index in [1.54, 1.807) is 6.92 Å². The van der Waals surface area contributed by atoms with E-state index < -0.39 is 9.84 Å². The van der Waals surface area contributed by atoms with E-state index in [1.165, 1.54) is 17.4 Å². The predicted molar refractivity (Wildman–Crippen MR) is 175 cm³/mol. The maximum Gasteiger partial charge on any atom is 0.330 e. The Morgan fingerprint density at radius 2 is 1.59 bits per heavy atom. The number of nitrogens with zero attached hydrogens (tertiary/aromatic N) is 1. The molecule has 0 aliphatic carbocycles. The normalized spacial score (nSPS) is 14.0. The van der Waals surface area contributed by atoms with Crippen LogP contribution in [0.15, 0.2) is 101 Å². The van der Waals surface area contributed by atoms with Gasteiger partial charge in [0.15, 0.2) is 0 Å². The van der Waals surface area contributed by atoms with Crippen molar-refractivity contribution in [3.8, 4) is 0 Å². The first-order valence-corrected chi connectivity index (χ1v) is 17.5. The van der Waals surface area contributed by atoms with Gasteiger partial charge in [-0.15, -0.1) is 11.3 Å². The first kappa shape index (κ1) is 33.5. The zero-order valence-electron chi connectivity index (χ0n) is 25.3. The number of thiazole rings is 1. The van der Waals surface area contributed by atoms with Crippen LogP contribution in [-0.2, 0) is 42.1 Å². The van der Waals surface area contributed by atoms with E-state index >= 15 is 0 Å². The van der Waals surface area contributed by atoms with Crippen LogP contribution in [-0.4, -0.2) is 44.4 Å². The van der Waals surface area contributed by atoms with Crippen LogP contribution >= 0.6 is 11.3 Å². The van der Waals surface area contributed by atoms with Gasteiger partial charge in [0.25, 0.3) is 0 Å². The second-order valence-corrected chi connectivity index (χ2v) is 14.1. The first-order valence-electron chi connectivity index (χ1n) is 15.0. The quantitative estimate of drug-likeness (QED) is 0.0639. The fourth-order valence-electron chi connectivity index (χ4n) is 4.97. The van der Waals surface area contributed by atoms with E-state index in [2.05, 4.69) is 4.98 Å². The zero-order valence-corrected chi connectivity index (χ0v) is 27.0. The standard InChI is InChI=1S/C35H41NO6S2/c1-3-41-34(37)20-12-17-28(21-22-40-24-29-13-6-4-7-14-29)23-32(42-25-30-15-8-5-9-16-30)27(2)26-44(38,39)35-36-31-18-10-11-19-33(31)43-35/h4-16,18-20,27-28,32H,3,17,21-26H2,1-2H3/b20-12+/t27-,28+,32-/m1/s1. The van der Waals surface area contributed by atoms with Gasteiger partial charge < -0.3 is 14.2 Å². The van der Waals surface area contributed by atoms with E-state index in [1.807, 2.05) is 97.9 Å². The maximum atomic E-state index is 13.5. The van der Waals surface area contributed by atoms with E-state index in [4.69, 9.17) is 14.2 Å². The number of allylic oxidation sites excluding steroid dienone is 1. The molecule has 7 nitrogen and oxygen atoms in total. The number of fused-ring (bicyclic) bond motifs is 1. The molecule has 1 aromatic heterocycles. The number of rotatable bonds is 18. The van der Waals surface area contributed by atoms with Gasteiger partial charge in [-0.1, -0.05) is 85.8 Å². The third-order valence-electron chi connectivity index (χ3n) is 7.32. The van der Waals surface area contributed by atoms with Gasteiger partial charge in [0.1, 0.15) is 0 Å². The summed E-state index contributed by atoms with van der Waals surface area (Å²) in [6, 6.07) is 27.3. The van der Waals surface area contributed by atoms with Crippen LogP contribution in [0.5, 0.6) is 0 Å². The molecule has 0 fully saturated rings. The number of hydrogen-bond donors (Lipinski definition) is 0. The summed E-state index contributed by atoms with van der Waals surface area (Å²) in [5.74, 6) is -0.677. The summed E-state index contributed by atoms with van der Waals surface area (Å²) >= 11 is 1.20. The minimum Gasteiger partial charge on any atom is -0.463 e. The van der Waals surface area contributed by atoms with Gasteiger partial charge in [-0.05, 0) is 61.3 Å². The molecule has 0 aliphatic rings. The highest BCUT2D eigenvalue weighted by Crippen LogP contribution is 2.30. The molecule has 44 heavy (non-hydrogen) atoms. The molecule has 0 aliphatic heterocycles. The number of benzene rings is 3. The van der Waals surface area contributed by atoms with Crippen LogP contribution in [0, 0.1) is 11.8 Å². The van der Waals surface area contributed by atoms with Crippen molar-refractivity contribution in [1.82, 2.24) is 4.98 Å². The van der Waals surface area contributed by atoms with Crippen molar-refractivity contribution in [2.45, 2.75) is 56.8 Å². The Hall–Kier alpha value is -3.37. The van der Waals surface area contributed by atoms with Gasteiger partial charge in [-0.25, -0.2) is 18.2 Å². The molecule has 0 N–H and O–H groups in total. The number of hydrogen-bond acceptors (Lipinski definition) is 8. The number of carbonyl (C=O) groups is 1. The summed E-state index contributed by atoms with van der Waals surface area (Å²) < 4.78 is 45.6. The summed E-state index contributed by atoms with van der Waals surface area (Å²) in [5.41, 5.74) is 2.80. The Labute approximate surface area is 264 Å². The smallest absolute Gasteiger partial charge is 0.330 e. The Bertz CT molecular complexity index is 1540. The van der Waals surface area contributed by atoms with E-state index in [0.717, 1.165) is 22.2 Å². The molecule has 0 unspecified atom stereocenters. The average Bonchev–Trinajstić information content (AvgIpc) is 3.48. The third-order valence-corrected chi connectivity index (χ3v) is 10.8. The molecule has 0 amide bonds. The number of para-hydroxylation sites is 1. The molecular weight excluding hydrogens is 595 g/mol. The number of esters is 1. The molecule has 0 saturated carbocycles. The van der Waals surface area contributed by atoms with Crippen molar-refractivity contribution in [2.24, 2.45) is 11.8 Å². The lowest BCUT2D eigenvalue weighted by atomic mass is 9.90. The monoisotopic (exact) mass is 635 g/mol. The second-order valence-electron chi connectivity index (χ2n) is 10.9. The molecule has 3 aromatic carbocycles. The molecule has 0 spiro atoms. The van der Waals surface area contributed by atoms with Gasteiger partial charge in [0.05, 0.1) is 41.9 Å². The van der Waals surface area contributed by atoms with Crippen molar-refractivity contribution in [3.05, 3.63) is 108 Å². The molecule has 234 valence electrons. The maximum absolute atomic E-state index is 13.5. The van der Waals surface area contributed by atoms with Gasteiger partial charge in [0.2, 0.25) is 14.2 Å². The third kappa shape index (κ3) is 10.7. The van der Waals surface area contributed by atoms with Crippen LogP contribution in [0.4, 0.5) is 0 Å². The van der Waals surface area contributed by atoms with Crippen LogP contribution in [0.1, 0.15) is 44.2 Å². The van der Waals surface area contributed by atoms with Gasteiger partial charge >= 0.3 is 5.97 Å². The summed E-state index contributed by atoms with van der Waals surface area (Å²) in [6.07, 6.45) is 4.87. The topological polar surface area (TPSA) is 91.8 Å². The highest BCUT2D eigenvalue weighted by molar-refractivity contribution is 7.93. The van der Waals surface area contributed by atoms with Crippen LogP contribution in [0.3, 0.4) is 0 Å². The molecule has 0 radical (unpaired) electrons. The lowest BCUT2D eigenvalue weighted by molar-refractivity contribution is -0.137. The van der Waals surface area contributed by atoms with E-state index in [9.17, 15) is 13.2 Å². The second kappa shape index (κ2) is 17.2. The number of carbonyl (C=O) groups excluding carboxylic acids is 1. The summed E-state index contributed by atoms with van der Waals surface area (Å²) in [5, 5.41) is 0. The first-order chi connectivity index (χ1) is 21.3. The Morgan fingerprint density at radius 3 is 2.27 bits per heavy atom. The van der Waals surface area contributed by atoms with Crippen molar-refractivity contribution in [1.29, 1.82) is 0 Å². The molecular formula is C35H41NO6S2. The largest absolute Gasteiger partial charge is 0.463 e. The zero-order chi connectivity index (χ0) is 31.2. The highest BCUT2D eigenvalue weighted by atomic mass is 32.2. The Kier molecular flexibility index (Phi) is 13.1. The predicted octanol–water partition coefficient (Wildman–Crippen LogP) is 7.41.